The maximum Gasteiger partial charge on any atom is 0.338 e. The summed E-state index contributed by atoms with van der Waals surface area (Å²) in [6.07, 6.45) is 1.33. The van der Waals surface area contributed by atoms with Gasteiger partial charge in [-0.25, -0.2) is 4.79 Å². The number of ether oxygens (including phenoxy) is 2. The summed E-state index contributed by atoms with van der Waals surface area (Å²) in [7, 11) is 0. The Labute approximate surface area is 196 Å². The Morgan fingerprint density at radius 3 is 2.39 bits per heavy atom. The topological polar surface area (TPSA) is 94.9 Å². The van der Waals surface area contributed by atoms with E-state index in [0.717, 1.165) is 39.3 Å². The van der Waals surface area contributed by atoms with Crippen LogP contribution in [0.2, 0.25) is 0 Å². The molecule has 9 heteroatoms. The molecular weight excluding hydrogens is 444 g/mol. The molecule has 1 aliphatic heterocycles. The molecule has 1 fully saturated rings. The molecule has 0 bridgehead atoms. The molecule has 3 rings (SSSR count). The van der Waals surface area contributed by atoms with Gasteiger partial charge in [0.25, 0.3) is 11.1 Å². The van der Waals surface area contributed by atoms with Crippen LogP contribution in [0.15, 0.2) is 35.2 Å². The van der Waals surface area contributed by atoms with Gasteiger partial charge < -0.3 is 14.0 Å². The Morgan fingerprint density at radius 1 is 1.12 bits per heavy atom. The van der Waals surface area contributed by atoms with E-state index in [1.165, 1.54) is 0 Å². The molecule has 8 nitrogen and oxygen atoms in total. The molecule has 0 saturated carbocycles. The molecule has 0 spiro atoms. The number of carbonyl (C=O) groups excluding carboxylic acids is 4. The molecule has 0 aliphatic carbocycles. The first-order chi connectivity index (χ1) is 15.6. The number of imide groups is 1. The van der Waals surface area contributed by atoms with Crippen LogP contribution >= 0.6 is 11.8 Å². The van der Waals surface area contributed by atoms with Gasteiger partial charge in [-0.05, 0) is 88.4 Å². The van der Waals surface area contributed by atoms with E-state index in [2.05, 4.69) is 0 Å². The molecule has 174 valence electrons. The summed E-state index contributed by atoms with van der Waals surface area (Å²) in [6, 6.07) is 8.96. The lowest BCUT2D eigenvalue weighted by Gasteiger charge is -2.13. The Bertz CT molecular complexity index is 1130. The van der Waals surface area contributed by atoms with Crippen LogP contribution in [0, 0.1) is 13.8 Å². The minimum Gasteiger partial charge on any atom is -0.462 e. The highest BCUT2D eigenvalue weighted by Gasteiger charge is 2.37. The molecule has 1 saturated heterocycles. The average Bonchev–Trinajstić information content (AvgIpc) is 3.17. The minimum atomic E-state index is -0.627. The zero-order chi connectivity index (χ0) is 24.3. The fourth-order valence-corrected chi connectivity index (χ4v) is 4.33. The molecule has 2 amide bonds. The van der Waals surface area contributed by atoms with Crippen molar-refractivity contribution in [1.29, 1.82) is 0 Å². The molecule has 0 unspecified atom stereocenters. The number of carbonyl (C=O) groups is 4. The molecule has 0 atom stereocenters. The van der Waals surface area contributed by atoms with Crippen molar-refractivity contribution >= 4 is 40.9 Å². The summed E-state index contributed by atoms with van der Waals surface area (Å²) in [5.41, 5.74) is 3.87. The lowest BCUT2D eigenvalue weighted by molar-refractivity contribution is -0.149. The summed E-state index contributed by atoms with van der Waals surface area (Å²) >= 11 is 0.797. The van der Waals surface area contributed by atoms with Crippen molar-refractivity contribution in [1.82, 2.24) is 9.47 Å². The van der Waals surface area contributed by atoms with Gasteiger partial charge in [-0.2, -0.15) is 0 Å². The fraction of sp³-hybridized carbons (Fsp3) is 0.333. The lowest BCUT2D eigenvalue weighted by atomic mass is 10.2. The summed E-state index contributed by atoms with van der Waals surface area (Å²) in [5.74, 6) is -1.52. The van der Waals surface area contributed by atoms with Crippen molar-refractivity contribution in [2.75, 3.05) is 13.2 Å². The Balaban J connectivity index is 1.84. The number of benzene rings is 1. The molecular formula is C24H26N2O6S. The van der Waals surface area contributed by atoms with Crippen molar-refractivity contribution in [2.45, 2.75) is 40.7 Å². The van der Waals surface area contributed by atoms with Crippen LogP contribution in [0.1, 0.15) is 48.1 Å². The monoisotopic (exact) mass is 470 g/mol. The second-order valence-corrected chi connectivity index (χ2v) is 8.73. The molecule has 0 N–H and O–H groups in total. The molecule has 1 aromatic carbocycles. The molecule has 1 aromatic heterocycles. The molecule has 2 heterocycles. The van der Waals surface area contributed by atoms with Gasteiger partial charge in [-0.1, -0.05) is 0 Å². The van der Waals surface area contributed by atoms with Gasteiger partial charge in [0.05, 0.1) is 23.2 Å². The number of nitrogens with zero attached hydrogens (tertiary/aromatic N) is 2. The molecule has 2 aromatic rings. The smallest absolute Gasteiger partial charge is 0.338 e. The van der Waals surface area contributed by atoms with E-state index in [-0.39, 0.29) is 17.0 Å². The van der Waals surface area contributed by atoms with Gasteiger partial charge in [-0.3, -0.25) is 19.3 Å². The fourth-order valence-electron chi connectivity index (χ4n) is 3.50. The van der Waals surface area contributed by atoms with Crippen LogP contribution in [0.4, 0.5) is 4.79 Å². The standard InChI is InChI=1S/C24H26N2O6S/c1-6-31-23(29)17-7-9-19(10-8-17)26-15(4)11-18(16(26)5)12-20-22(28)25(24(30)33-20)13-21(27)32-14(2)3/h7-12,14H,6,13H2,1-5H3/b20-12-. The van der Waals surface area contributed by atoms with E-state index < -0.39 is 23.7 Å². The number of hydrogen-bond donors (Lipinski definition) is 0. The SMILES string of the molecule is CCOC(=O)c1ccc(-n2c(C)cc(/C=C3\SC(=O)N(CC(=O)OC(C)C)C3=O)c2C)cc1. The number of rotatable bonds is 7. The van der Waals surface area contributed by atoms with Crippen molar-refractivity contribution < 1.29 is 28.7 Å². The van der Waals surface area contributed by atoms with E-state index in [0.29, 0.717) is 12.2 Å². The number of amides is 2. The van der Waals surface area contributed by atoms with Crippen molar-refractivity contribution in [3.63, 3.8) is 0 Å². The Hall–Kier alpha value is -3.33. The zero-order valence-corrected chi connectivity index (χ0v) is 20.0. The summed E-state index contributed by atoms with van der Waals surface area (Å²) in [6.45, 7) is 8.89. The van der Waals surface area contributed by atoms with Gasteiger partial charge in [0, 0.05) is 17.1 Å². The van der Waals surface area contributed by atoms with E-state index >= 15 is 0 Å². The third-order valence-electron chi connectivity index (χ3n) is 4.92. The molecule has 33 heavy (non-hydrogen) atoms. The normalized spacial score (nSPS) is 15.0. The third kappa shape index (κ3) is 5.36. The lowest BCUT2D eigenvalue weighted by Crippen LogP contribution is -2.35. The van der Waals surface area contributed by atoms with Crippen LogP contribution in [-0.4, -0.2) is 51.8 Å². The van der Waals surface area contributed by atoms with Gasteiger partial charge in [0.1, 0.15) is 6.54 Å². The second-order valence-electron chi connectivity index (χ2n) is 7.74. The number of hydrogen-bond acceptors (Lipinski definition) is 7. The number of esters is 2. The second kappa shape index (κ2) is 10.1. The molecule has 0 radical (unpaired) electrons. The van der Waals surface area contributed by atoms with Crippen LogP contribution in [0.5, 0.6) is 0 Å². The van der Waals surface area contributed by atoms with Crippen LogP contribution in [0.25, 0.3) is 11.8 Å². The quantitative estimate of drug-likeness (QED) is 0.441. The van der Waals surface area contributed by atoms with Crippen LogP contribution in [0.3, 0.4) is 0 Å². The predicted octanol–water partition coefficient (Wildman–Crippen LogP) is 4.26. The first-order valence-electron chi connectivity index (χ1n) is 10.5. The van der Waals surface area contributed by atoms with Gasteiger partial charge >= 0.3 is 11.9 Å². The van der Waals surface area contributed by atoms with E-state index in [4.69, 9.17) is 9.47 Å². The maximum absolute atomic E-state index is 12.7. The third-order valence-corrected chi connectivity index (χ3v) is 5.83. The van der Waals surface area contributed by atoms with Gasteiger partial charge in [-0.15, -0.1) is 0 Å². The highest BCUT2D eigenvalue weighted by atomic mass is 32.2. The summed E-state index contributed by atoms with van der Waals surface area (Å²) in [5, 5.41) is -0.504. The average molecular weight is 471 g/mol. The first kappa shape index (κ1) is 24.3. The predicted molar refractivity (Wildman–Crippen MR) is 125 cm³/mol. The van der Waals surface area contributed by atoms with E-state index in [1.807, 2.05) is 36.6 Å². The summed E-state index contributed by atoms with van der Waals surface area (Å²) in [4.78, 5) is 50.0. The highest BCUT2D eigenvalue weighted by Crippen LogP contribution is 2.33. The summed E-state index contributed by atoms with van der Waals surface area (Å²) < 4.78 is 12.1. The molecule has 1 aliphatic rings. The Morgan fingerprint density at radius 2 is 1.79 bits per heavy atom. The van der Waals surface area contributed by atoms with Crippen molar-refractivity contribution in [3.05, 3.63) is 57.8 Å². The van der Waals surface area contributed by atoms with Crippen LogP contribution < -0.4 is 0 Å². The van der Waals surface area contributed by atoms with Gasteiger partial charge in [0.2, 0.25) is 0 Å². The van der Waals surface area contributed by atoms with E-state index in [9.17, 15) is 19.2 Å². The van der Waals surface area contributed by atoms with Gasteiger partial charge in [0.15, 0.2) is 0 Å². The minimum absolute atomic E-state index is 0.246. The number of thioether (sulfide) groups is 1. The number of aryl methyl sites for hydroxylation is 1. The maximum atomic E-state index is 12.7. The largest absolute Gasteiger partial charge is 0.462 e. The first-order valence-corrected chi connectivity index (χ1v) is 11.3. The highest BCUT2D eigenvalue weighted by molar-refractivity contribution is 8.18. The van der Waals surface area contributed by atoms with Crippen molar-refractivity contribution in [2.24, 2.45) is 0 Å². The number of aromatic nitrogens is 1. The zero-order valence-electron chi connectivity index (χ0n) is 19.2. The van der Waals surface area contributed by atoms with Crippen molar-refractivity contribution in [3.8, 4) is 5.69 Å². The van der Waals surface area contributed by atoms with E-state index in [1.54, 1.807) is 39.0 Å². The Kier molecular flexibility index (Phi) is 7.43. The van der Waals surface area contributed by atoms with Crippen LogP contribution in [-0.2, 0) is 19.1 Å².